The smallest absolute Gasteiger partial charge is 0.416 e. The number of alkyl halides is 3. The quantitative estimate of drug-likeness (QED) is 0.524. The lowest BCUT2D eigenvalue weighted by molar-refractivity contribution is -0.137. The van der Waals surface area contributed by atoms with Crippen LogP contribution in [0.25, 0.3) is 0 Å². The van der Waals surface area contributed by atoms with Gasteiger partial charge in [-0.2, -0.15) is 13.2 Å². The number of benzene rings is 2. The summed E-state index contributed by atoms with van der Waals surface area (Å²) in [6, 6.07) is 11.6. The third kappa shape index (κ3) is 6.29. The van der Waals surface area contributed by atoms with Crippen molar-refractivity contribution < 1.29 is 17.9 Å². The van der Waals surface area contributed by atoms with Crippen LogP contribution in [0.2, 0.25) is 0 Å². The van der Waals surface area contributed by atoms with Gasteiger partial charge in [-0.15, -0.1) is 0 Å². The number of anilines is 1. The highest BCUT2D eigenvalue weighted by Gasteiger charge is 2.31. The lowest BCUT2D eigenvalue weighted by Crippen LogP contribution is -2.45. The molecule has 0 aromatic heterocycles. The third-order valence-corrected chi connectivity index (χ3v) is 5.51. The van der Waals surface area contributed by atoms with Gasteiger partial charge in [-0.25, -0.2) is 0 Å². The lowest BCUT2D eigenvalue weighted by atomic mass is 10.1. The van der Waals surface area contributed by atoms with Gasteiger partial charge in [-0.05, 0) is 48.5 Å². The van der Waals surface area contributed by atoms with Crippen LogP contribution >= 0.6 is 0 Å². The van der Waals surface area contributed by atoms with Crippen molar-refractivity contribution in [2.75, 3.05) is 52.3 Å². The van der Waals surface area contributed by atoms with Gasteiger partial charge in [0.05, 0.1) is 12.7 Å². The van der Waals surface area contributed by atoms with Gasteiger partial charge in [0.25, 0.3) is 0 Å². The molecular formula is C23H30F3N5O. The first-order chi connectivity index (χ1) is 15.3. The van der Waals surface area contributed by atoms with E-state index in [1.54, 1.807) is 20.2 Å². The molecular weight excluding hydrogens is 419 g/mol. The van der Waals surface area contributed by atoms with Crippen molar-refractivity contribution in [1.82, 2.24) is 15.5 Å². The highest BCUT2D eigenvalue weighted by Crippen LogP contribution is 2.33. The van der Waals surface area contributed by atoms with Crippen molar-refractivity contribution in [2.24, 2.45) is 4.99 Å². The number of nitrogens with one attached hydrogen (secondary N) is 2. The van der Waals surface area contributed by atoms with Gasteiger partial charge in [0, 0.05) is 52.0 Å². The topological polar surface area (TPSA) is 52.1 Å². The van der Waals surface area contributed by atoms with Crippen LogP contribution in [-0.2, 0) is 19.3 Å². The van der Waals surface area contributed by atoms with Crippen LogP contribution in [0.3, 0.4) is 0 Å². The Bertz CT molecular complexity index is 924. The molecule has 2 N–H and O–H groups in total. The average Bonchev–Trinajstić information content (AvgIpc) is 2.79. The van der Waals surface area contributed by atoms with E-state index < -0.39 is 11.7 Å². The summed E-state index contributed by atoms with van der Waals surface area (Å²) in [7, 11) is 5.29. The Kier molecular flexibility index (Phi) is 7.84. The summed E-state index contributed by atoms with van der Waals surface area (Å²) in [6.07, 6.45) is -4.39. The molecule has 2 aromatic rings. The number of piperazine rings is 1. The summed E-state index contributed by atoms with van der Waals surface area (Å²) in [4.78, 5) is 8.56. The van der Waals surface area contributed by atoms with E-state index >= 15 is 0 Å². The Balaban J connectivity index is 1.71. The summed E-state index contributed by atoms with van der Waals surface area (Å²) < 4.78 is 45.3. The Morgan fingerprint density at radius 3 is 2.41 bits per heavy atom. The van der Waals surface area contributed by atoms with Crippen LogP contribution < -0.4 is 20.3 Å². The van der Waals surface area contributed by atoms with Crippen LogP contribution in [0.5, 0.6) is 5.75 Å². The first kappa shape index (κ1) is 23.7. The minimum Gasteiger partial charge on any atom is -0.497 e. The Morgan fingerprint density at radius 1 is 1.03 bits per heavy atom. The average molecular weight is 450 g/mol. The van der Waals surface area contributed by atoms with E-state index in [-0.39, 0.29) is 6.54 Å². The number of rotatable bonds is 6. The predicted octanol–water partition coefficient (Wildman–Crippen LogP) is 3.33. The molecule has 0 amide bonds. The molecule has 6 nitrogen and oxygen atoms in total. The van der Waals surface area contributed by atoms with Crippen LogP contribution in [0, 0.1) is 0 Å². The monoisotopic (exact) mass is 449 g/mol. The fourth-order valence-electron chi connectivity index (χ4n) is 3.63. The van der Waals surface area contributed by atoms with Crippen molar-refractivity contribution in [3.05, 3.63) is 59.2 Å². The van der Waals surface area contributed by atoms with E-state index in [1.807, 2.05) is 31.3 Å². The second kappa shape index (κ2) is 10.6. The molecule has 1 fully saturated rings. The van der Waals surface area contributed by atoms with Crippen LogP contribution in [0.4, 0.5) is 18.9 Å². The van der Waals surface area contributed by atoms with E-state index in [0.717, 1.165) is 49.2 Å². The second-order valence-corrected chi connectivity index (χ2v) is 7.76. The highest BCUT2D eigenvalue weighted by atomic mass is 19.4. The van der Waals surface area contributed by atoms with Crippen LogP contribution in [-0.4, -0.2) is 58.2 Å². The molecule has 0 radical (unpaired) electrons. The van der Waals surface area contributed by atoms with Gasteiger partial charge >= 0.3 is 6.18 Å². The Labute approximate surface area is 187 Å². The first-order valence-electron chi connectivity index (χ1n) is 10.5. The zero-order valence-corrected chi connectivity index (χ0v) is 18.7. The SMILES string of the molecule is CN=C(NCc1cccc(OC)c1)NCc1cc(C(F)(F)F)ccc1N1CCN(C)CC1. The Hall–Kier alpha value is -2.94. The number of methoxy groups -OCH3 is 1. The van der Waals surface area contributed by atoms with Crippen LogP contribution in [0.15, 0.2) is 47.5 Å². The molecule has 1 aliphatic heterocycles. The zero-order chi connectivity index (χ0) is 23.1. The number of hydrogen-bond donors (Lipinski definition) is 2. The van der Waals surface area contributed by atoms with Gasteiger partial charge < -0.3 is 25.2 Å². The summed E-state index contributed by atoms with van der Waals surface area (Å²) in [5, 5.41) is 6.35. The number of ether oxygens (including phenoxy) is 1. The lowest BCUT2D eigenvalue weighted by Gasteiger charge is -2.35. The fraction of sp³-hybridized carbons (Fsp3) is 0.435. The second-order valence-electron chi connectivity index (χ2n) is 7.76. The molecule has 32 heavy (non-hydrogen) atoms. The van der Waals surface area contributed by atoms with E-state index in [9.17, 15) is 13.2 Å². The highest BCUT2D eigenvalue weighted by molar-refractivity contribution is 5.79. The number of hydrogen-bond acceptors (Lipinski definition) is 4. The molecule has 0 spiro atoms. The maximum atomic E-state index is 13.3. The third-order valence-electron chi connectivity index (χ3n) is 5.51. The Morgan fingerprint density at radius 2 is 1.75 bits per heavy atom. The molecule has 0 aliphatic carbocycles. The van der Waals surface area contributed by atoms with Crippen molar-refractivity contribution in [2.45, 2.75) is 19.3 Å². The molecule has 2 aromatic carbocycles. The number of likely N-dealkylation sites (N-methyl/N-ethyl adjacent to an activating group) is 1. The van der Waals surface area contributed by atoms with E-state index in [2.05, 4.69) is 25.4 Å². The first-order valence-corrected chi connectivity index (χ1v) is 10.5. The number of guanidine groups is 1. The molecule has 1 aliphatic rings. The minimum absolute atomic E-state index is 0.226. The molecule has 1 saturated heterocycles. The van der Waals surface area contributed by atoms with E-state index in [0.29, 0.717) is 18.1 Å². The molecule has 9 heteroatoms. The molecule has 0 bridgehead atoms. The van der Waals surface area contributed by atoms with Gasteiger partial charge in [0.2, 0.25) is 0 Å². The predicted molar refractivity (Wildman–Crippen MR) is 121 cm³/mol. The number of aliphatic imine (C=N–C) groups is 1. The normalized spacial score (nSPS) is 15.6. The largest absolute Gasteiger partial charge is 0.497 e. The summed E-state index contributed by atoms with van der Waals surface area (Å²) in [5.74, 6) is 1.27. The summed E-state index contributed by atoms with van der Waals surface area (Å²) in [6.45, 7) is 4.03. The van der Waals surface area contributed by atoms with Crippen LogP contribution in [0.1, 0.15) is 16.7 Å². The molecule has 0 unspecified atom stereocenters. The van der Waals surface area contributed by atoms with Gasteiger partial charge in [-0.1, -0.05) is 12.1 Å². The van der Waals surface area contributed by atoms with E-state index in [1.165, 1.54) is 6.07 Å². The molecule has 0 saturated carbocycles. The maximum absolute atomic E-state index is 13.3. The zero-order valence-electron chi connectivity index (χ0n) is 18.7. The molecule has 3 rings (SSSR count). The maximum Gasteiger partial charge on any atom is 0.416 e. The molecule has 1 heterocycles. The standard InChI is InChI=1S/C23H30F3N5O/c1-27-22(28-15-17-5-4-6-20(13-17)32-3)29-16-18-14-19(23(24,25)26)7-8-21(18)31-11-9-30(2)10-12-31/h4-8,13-14H,9-12,15-16H2,1-3H3,(H2,27,28,29). The van der Waals surface area contributed by atoms with Gasteiger partial charge in [0.15, 0.2) is 5.96 Å². The van der Waals surface area contributed by atoms with Crippen molar-refractivity contribution in [3.63, 3.8) is 0 Å². The van der Waals surface area contributed by atoms with Gasteiger partial charge in [-0.3, -0.25) is 4.99 Å². The fourth-order valence-corrected chi connectivity index (χ4v) is 3.63. The molecule has 174 valence electrons. The number of nitrogens with zero attached hydrogens (tertiary/aromatic N) is 3. The van der Waals surface area contributed by atoms with Crippen molar-refractivity contribution in [3.8, 4) is 5.75 Å². The summed E-state index contributed by atoms with van der Waals surface area (Å²) >= 11 is 0. The molecule has 0 atom stereocenters. The van der Waals surface area contributed by atoms with E-state index in [4.69, 9.17) is 4.74 Å². The summed E-state index contributed by atoms with van der Waals surface area (Å²) in [5.41, 5.74) is 1.77. The number of halogens is 3. The van der Waals surface area contributed by atoms with Crippen molar-refractivity contribution in [1.29, 1.82) is 0 Å². The minimum atomic E-state index is -4.39. The van der Waals surface area contributed by atoms with Crippen molar-refractivity contribution >= 4 is 11.6 Å². The van der Waals surface area contributed by atoms with Gasteiger partial charge in [0.1, 0.15) is 5.75 Å².